The number of hydrogen-bond acceptors (Lipinski definition) is 1. The van der Waals surface area contributed by atoms with Gasteiger partial charge in [0.05, 0.1) is 0 Å². The smallest absolute Gasteiger partial charge is 0.104 e. The standard InChI is InChI=1S/C10H22N2/c1-7-12(8-2)9(11-6)10(3,4)5/h7-8H2,1-6H3. The second-order valence-electron chi connectivity index (χ2n) is 3.97. The maximum Gasteiger partial charge on any atom is 0.104 e. The quantitative estimate of drug-likeness (QED) is 0.459. The second-order valence-corrected chi connectivity index (χ2v) is 3.97. The van der Waals surface area contributed by atoms with E-state index in [1.165, 1.54) is 5.84 Å². The molecular formula is C10H22N2. The van der Waals surface area contributed by atoms with E-state index in [0.717, 1.165) is 13.1 Å². The Morgan fingerprint density at radius 2 is 1.58 bits per heavy atom. The van der Waals surface area contributed by atoms with Crippen molar-refractivity contribution in [3.63, 3.8) is 0 Å². The molecule has 0 aliphatic rings. The second kappa shape index (κ2) is 4.48. The fourth-order valence-electron chi connectivity index (χ4n) is 1.47. The highest BCUT2D eigenvalue weighted by Crippen LogP contribution is 2.18. The number of nitrogens with zero attached hydrogens (tertiary/aromatic N) is 2. The van der Waals surface area contributed by atoms with E-state index in [1.807, 2.05) is 7.05 Å². The van der Waals surface area contributed by atoms with E-state index in [4.69, 9.17) is 0 Å². The van der Waals surface area contributed by atoms with Crippen LogP contribution in [-0.4, -0.2) is 30.9 Å². The van der Waals surface area contributed by atoms with E-state index in [0.29, 0.717) is 0 Å². The average Bonchev–Trinajstić information content (AvgIpc) is 1.97. The van der Waals surface area contributed by atoms with Gasteiger partial charge in [0, 0.05) is 25.6 Å². The summed E-state index contributed by atoms with van der Waals surface area (Å²) in [6.07, 6.45) is 0. The molecule has 0 unspecified atom stereocenters. The molecule has 12 heavy (non-hydrogen) atoms. The molecule has 0 aliphatic carbocycles. The van der Waals surface area contributed by atoms with Crippen molar-refractivity contribution in [2.24, 2.45) is 10.4 Å². The molecule has 0 saturated heterocycles. The molecule has 0 atom stereocenters. The Morgan fingerprint density at radius 1 is 1.17 bits per heavy atom. The minimum absolute atomic E-state index is 0.167. The fourth-order valence-corrected chi connectivity index (χ4v) is 1.47. The van der Waals surface area contributed by atoms with Gasteiger partial charge in [-0.25, -0.2) is 0 Å². The molecule has 0 saturated carbocycles. The molecule has 0 bridgehead atoms. The Bertz CT molecular complexity index is 150. The largest absolute Gasteiger partial charge is 0.361 e. The zero-order chi connectivity index (χ0) is 9.78. The summed E-state index contributed by atoms with van der Waals surface area (Å²) in [7, 11) is 1.87. The van der Waals surface area contributed by atoms with Crippen molar-refractivity contribution in [2.45, 2.75) is 34.6 Å². The van der Waals surface area contributed by atoms with Crippen LogP contribution in [-0.2, 0) is 0 Å². The van der Waals surface area contributed by atoms with E-state index in [9.17, 15) is 0 Å². The van der Waals surface area contributed by atoms with Crippen LogP contribution in [0, 0.1) is 5.41 Å². The highest BCUT2D eigenvalue weighted by atomic mass is 15.2. The first-order chi connectivity index (χ1) is 5.47. The normalized spacial score (nSPS) is 13.3. The zero-order valence-electron chi connectivity index (χ0n) is 9.31. The summed E-state index contributed by atoms with van der Waals surface area (Å²) in [5.74, 6) is 1.20. The molecular weight excluding hydrogens is 148 g/mol. The van der Waals surface area contributed by atoms with Crippen molar-refractivity contribution in [2.75, 3.05) is 20.1 Å². The van der Waals surface area contributed by atoms with Gasteiger partial charge in [0.25, 0.3) is 0 Å². The van der Waals surface area contributed by atoms with Gasteiger partial charge in [0.1, 0.15) is 5.84 Å². The molecule has 0 aromatic carbocycles. The third-order valence-electron chi connectivity index (χ3n) is 1.95. The first-order valence-electron chi connectivity index (χ1n) is 4.69. The molecule has 0 heterocycles. The molecule has 0 aromatic heterocycles. The summed E-state index contributed by atoms with van der Waals surface area (Å²) in [4.78, 5) is 6.65. The van der Waals surface area contributed by atoms with Gasteiger partial charge in [0.2, 0.25) is 0 Å². The molecule has 0 rings (SSSR count). The van der Waals surface area contributed by atoms with Crippen LogP contribution in [0.25, 0.3) is 0 Å². The Kier molecular flexibility index (Phi) is 4.29. The lowest BCUT2D eigenvalue weighted by Crippen LogP contribution is -2.39. The third kappa shape index (κ3) is 2.84. The minimum atomic E-state index is 0.167. The maximum atomic E-state index is 4.34. The van der Waals surface area contributed by atoms with Gasteiger partial charge in [-0.2, -0.15) is 0 Å². The lowest BCUT2D eigenvalue weighted by molar-refractivity contribution is 0.399. The van der Waals surface area contributed by atoms with Crippen LogP contribution in [0.5, 0.6) is 0 Å². The van der Waals surface area contributed by atoms with Crippen molar-refractivity contribution in [1.29, 1.82) is 0 Å². The van der Waals surface area contributed by atoms with E-state index in [-0.39, 0.29) is 5.41 Å². The third-order valence-corrected chi connectivity index (χ3v) is 1.95. The SMILES string of the molecule is CCN(CC)C(=NC)C(C)(C)C. The van der Waals surface area contributed by atoms with Gasteiger partial charge in [0.15, 0.2) is 0 Å². The van der Waals surface area contributed by atoms with Gasteiger partial charge in [-0.3, -0.25) is 4.99 Å². The van der Waals surface area contributed by atoms with Crippen LogP contribution in [0.4, 0.5) is 0 Å². The maximum absolute atomic E-state index is 4.34. The summed E-state index contributed by atoms with van der Waals surface area (Å²) >= 11 is 0. The molecule has 0 aromatic rings. The first kappa shape index (κ1) is 11.5. The molecule has 0 radical (unpaired) electrons. The predicted molar refractivity (Wildman–Crippen MR) is 55.7 cm³/mol. The molecule has 0 aliphatic heterocycles. The summed E-state index contributed by atoms with van der Waals surface area (Å²) in [6.45, 7) is 13.0. The van der Waals surface area contributed by atoms with Crippen LogP contribution in [0.15, 0.2) is 4.99 Å². The number of aliphatic imine (C=N–C) groups is 1. The van der Waals surface area contributed by atoms with Crippen LogP contribution in [0.2, 0.25) is 0 Å². The van der Waals surface area contributed by atoms with E-state index in [1.54, 1.807) is 0 Å². The summed E-state index contributed by atoms with van der Waals surface area (Å²) in [6, 6.07) is 0. The summed E-state index contributed by atoms with van der Waals surface area (Å²) in [5.41, 5.74) is 0.167. The molecule has 2 nitrogen and oxygen atoms in total. The molecule has 0 amide bonds. The van der Waals surface area contributed by atoms with Gasteiger partial charge < -0.3 is 4.90 Å². The van der Waals surface area contributed by atoms with Crippen LogP contribution >= 0.6 is 0 Å². The predicted octanol–water partition coefficient (Wildman–Crippen LogP) is 2.40. The van der Waals surface area contributed by atoms with Crippen LogP contribution < -0.4 is 0 Å². The van der Waals surface area contributed by atoms with Crippen LogP contribution in [0.3, 0.4) is 0 Å². The van der Waals surface area contributed by atoms with Gasteiger partial charge in [-0.1, -0.05) is 20.8 Å². The number of amidine groups is 1. The lowest BCUT2D eigenvalue weighted by atomic mass is 9.94. The molecule has 0 N–H and O–H groups in total. The molecule has 2 heteroatoms. The minimum Gasteiger partial charge on any atom is -0.361 e. The van der Waals surface area contributed by atoms with Crippen molar-refractivity contribution < 1.29 is 0 Å². The van der Waals surface area contributed by atoms with Crippen molar-refractivity contribution in [3.8, 4) is 0 Å². The highest BCUT2D eigenvalue weighted by molar-refractivity contribution is 5.87. The summed E-state index contributed by atoms with van der Waals surface area (Å²) < 4.78 is 0. The topological polar surface area (TPSA) is 15.6 Å². The zero-order valence-corrected chi connectivity index (χ0v) is 9.31. The lowest BCUT2D eigenvalue weighted by Gasteiger charge is -2.31. The number of rotatable bonds is 2. The molecule has 0 fully saturated rings. The van der Waals surface area contributed by atoms with Gasteiger partial charge >= 0.3 is 0 Å². The fraction of sp³-hybridized carbons (Fsp3) is 0.900. The average molecular weight is 170 g/mol. The van der Waals surface area contributed by atoms with Crippen molar-refractivity contribution in [1.82, 2.24) is 4.90 Å². The monoisotopic (exact) mass is 170 g/mol. The number of hydrogen-bond donors (Lipinski definition) is 0. The van der Waals surface area contributed by atoms with Crippen molar-refractivity contribution in [3.05, 3.63) is 0 Å². The van der Waals surface area contributed by atoms with E-state index in [2.05, 4.69) is 44.5 Å². The van der Waals surface area contributed by atoms with E-state index >= 15 is 0 Å². The Morgan fingerprint density at radius 3 is 1.67 bits per heavy atom. The molecule has 72 valence electrons. The first-order valence-corrected chi connectivity index (χ1v) is 4.69. The Hall–Kier alpha value is -0.530. The van der Waals surface area contributed by atoms with E-state index < -0.39 is 0 Å². The van der Waals surface area contributed by atoms with Crippen LogP contribution in [0.1, 0.15) is 34.6 Å². The van der Waals surface area contributed by atoms with Crippen molar-refractivity contribution >= 4 is 5.84 Å². The summed E-state index contributed by atoms with van der Waals surface area (Å²) in [5, 5.41) is 0. The highest BCUT2D eigenvalue weighted by Gasteiger charge is 2.21. The van der Waals surface area contributed by atoms with Gasteiger partial charge in [-0.05, 0) is 13.8 Å². The molecule has 0 spiro atoms. The van der Waals surface area contributed by atoms with Gasteiger partial charge in [-0.15, -0.1) is 0 Å². The Labute approximate surface area is 76.7 Å². The Balaban J connectivity index is 4.56.